The van der Waals surface area contributed by atoms with Gasteiger partial charge in [-0.2, -0.15) is 4.73 Å². The maximum absolute atomic E-state index is 9.74. The molecule has 18 heavy (non-hydrogen) atoms. The second kappa shape index (κ2) is 8.68. The summed E-state index contributed by atoms with van der Waals surface area (Å²) in [5.41, 5.74) is 12.3. The quantitative estimate of drug-likeness (QED) is 0.367. The Kier molecular flexibility index (Phi) is 7.09. The van der Waals surface area contributed by atoms with Crippen molar-refractivity contribution >= 4 is 0 Å². The van der Waals surface area contributed by atoms with Crippen LogP contribution in [0.15, 0.2) is 23.3 Å². The third-order valence-corrected chi connectivity index (χ3v) is 2.49. The average molecular weight is 253 g/mol. The topological polar surface area (TPSA) is 102 Å². The molecular weight excluding hydrogens is 230 g/mol. The van der Waals surface area contributed by atoms with Crippen LogP contribution in [0.2, 0.25) is 0 Å². The van der Waals surface area contributed by atoms with Gasteiger partial charge in [0.2, 0.25) is 0 Å². The van der Waals surface area contributed by atoms with Crippen LogP contribution in [0.1, 0.15) is 18.4 Å². The van der Waals surface area contributed by atoms with Crippen LogP contribution >= 0.6 is 0 Å². The van der Waals surface area contributed by atoms with E-state index in [1.165, 1.54) is 0 Å². The normalized spacial score (nSPS) is 12.0. The lowest BCUT2D eigenvalue weighted by molar-refractivity contribution is 0.170. The summed E-state index contributed by atoms with van der Waals surface area (Å²) in [7, 11) is 0. The molecule has 1 aromatic heterocycles. The van der Waals surface area contributed by atoms with Gasteiger partial charge in [-0.1, -0.05) is 6.07 Å². The Morgan fingerprint density at radius 1 is 1.22 bits per heavy atom. The average Bonchev–Trinajstić information content (AvgIpc) is 2.37. The maximum atomic E-state index is 9.74. The van der Waals surface area contributed by atoms with Crippen LogP contribution in [0, 0.1) is 0 Å². The smallest absolute Gasteiger partial charge is 0.163 e. The van der Waals surface area contributed by atoms with Gasteiger partial charge in [-0.05, 0) is 44.1 Å². The third-order valence-electron chi connectivity index (χ3n) is 2.49. The number of pyridine rings is 1. The number of nitrogens with one attached hydrogen (secondary N) is 1. The zero-order valence-electron chi connectivity index (χ0n) is 10.7. The van der Waals surface area contributed by atoms with Gasteiger partial charge in [0.25, 0.3) is 0 Å². The van der Waals surface area contributed by atoms with Crippen LogP contribution in [0.4, 0.5) is 0 Å². The Labute approximate surface area is 107 Å². The van der Waals surface area contributed by atoms with E-state index in [0.29, 0.717) is 31.7 Å². The Hall–Kier alpha value is -1.37. The van der Waals surface area contributed by atoms with Crippen LogP contribution in [0.25, 0.3) is 0 Å². The lowest BCUT2D eigenvalue weighted by atomic mass is 10.3. The first-order chi connectivity index (χ1) is 8.77. The van der Waals surface area contributed by atoms with Gasteiger partial charge in [-0.25, -0.2) is 0 Å². The van der Waals surface area contributed by atoms with E-state index in [1.807, 2.05) is 6.07 Å². The third kappa shape index (κ3) is 5.31. The molecule has 6 N–H and O–H groups in total. The predicted octanol–water partition coefficient (Wildman–Crippen LogP) is -0.587. The minimum atomic E-state index is 0.550. The van der Waals surface area contributed by atoms with Crippen LogP contribution in [0.3, 0.4) is 0 Å². The summed E-state index contributed by atoms with van der Waals surface area (Å²) in [6, 6.07) is 3.75. The Morgan fingerprint density at radius 2 is 2.00 bits per heavy atom. The van der Waals surface area contributed by atoms with Crippen LogP contribution in [-0.2, 0) is 6.54 Å². The van der Waals surface area contributed by atoms with Crippen molar-refractivity contribution in [3.05, 3.63) is 29.4 Å². The van der Waals surface area contributed by atoms with E-state index in [4.69, 9.17) is 11.5 Å². The Bertz CT molecular complexity index is 402. The molecule has 0 radical (unpaired) electrons. The van der Waals surface area contributed by atoms with E-state index in [-0.39, 0.29) is 0 Å². The van der Waals surface area contributed by atoms with Crippen molar-refractivity contribution in [3.8, 4) is 0 Å². The highest BCUT2D eigenvalue weighted by Gasteiger charge is 1.96. The minimum absolute atomic E-state index is 0.550. The molecule has 0 saturated heterocycles. The molecule has 1 aromatic rings. The summed E-state index contributed by atoms with van der Waals surface area (Å²) in [5.74, 6) is 0. The maximum Gasteiger partial charge on any atom is 0.163 e. The minimum Gasteiger partial charge on any atom is -0.427 e. The monoisotopic (exact) mass is 253 g/mol. The van der Waals surface area contributed by atoms with Crippen LogP contribution in [0.5, 0.6) is 0 Å². The van der Waals surface area contributed by atoms with Crippen molar-refractivity contribution in [1.82, 2.24) is 10.0 Å². The van der Waals surface area contributed by atoms with Gasteiger partial charge in [-0.15, -0.1) is 0 Å². The highest BCUT2D eigenvalue weighted by atomic mass is 16.5. The molecule has 0 aromatic carbocycles. The fourth-order valence-corrected chi connectivity index (χ4v) is 1.50. The van der Waals surface area contributed by atoms with Gasteiger partial charge in [0.15, 0.2) is 5.49 Å². The lowest BCUT2D eigenvalue weighted by Crippen LogP contribution is -2.22. The van der Waals surface area contributed by atoms with Gasteiger partial charge in [0, 0.05) is 13.1 Å². The molecule has 0 unspecified atom stereocenters. The largest absolute Gasteiger partial charge is 0.427 e. The van der Waals surface area contributed by atoms with Crippen molar-refractivity contribution in [2.24, 2.45) is 16.5 Å². The highest BCUT2D eigenvalue weighted by Crippen LogP contribution is 1.94. The Balaban J connectivity index is 2.53. The summed E-state index contributed by atoms with van der Waals surface area (Å²) in [6.45, 7) is 3.52. The lowest BCUT2D eigenvalue weighted by Gasteiger charge is -2.06. The molecule has 0 atom stereocenters. The van der Waals surface area contributed by atoms with Gasteiger partial charge < -0.3 is 22.0 Å². The van der Waals surface area contributed by atoms with Gasteiger partial charge >= 0.3 is 0 Å². The zero-order chi connectivity index (χ0) is 13.2. The standard InChI is InChI=1S/C12H23N5O/c13-5-1-7-15-9-11-3-4-12(17(18)10-11)16-8-2-6-14/h3-4,10,15,18H,1-2,5-9,13-14H2. The fraction of sp³-hybridized carbons (Fsp3) is 0.583. The fourth-order valence-electron chi connectivity index (χ4n) is 1.50. The molecule has 102 valence electrons. The molecule has 0 saturated carbocycles. The second-order valence-electron chi connectivity index (χ2n) is 4.08. The molecule has 6 heteroatoms. The molecule has 0 aliphatic carbocycles. The molecule has 0 bridgehead atoms. The van der Waals surface area contributed by atoms with Gasteiger partial charge in [0.1, 0.15) is 0 Å². The molecule has 0 spiro atoms. The number of nitrogens with zero attached hydrogens (tertiary/aromatic N) is 2. The molecule has 0 aliphatic heterocycles. The van der Waals surface area contributed by atoms with Crippen LogP contribution in [-0.4, -0.2) is 36.1 Å². The van der Waals surface area contributed by atoms with Crippen molar-refractivity contribution in [2.75, 3.05) is 26.2 Å². The summed E-state index contributed by atoms with van der Waals surface area (Å²) < 4.78 is 1.05. The van der Waals surface area contributed by atoms with E-state index < -0.39 is 0 Å². The predicted molar refractivity (Wildman–Crippen MR) is 71.1 cm³/mol. The highest BCUT2D eigenvalue weighted by molar-refractivity contribution is 5.08. The van der Waals surface area contributed by atoms with Crippen molar-refractivity contribution in [1.29, 1.82) is 0 Å². The number of rotatable bonds is 8. The molecule has 0 aliphatic rings. The first-order valence-electron chi connectivity index (χ1n) is 6.30. The van der Waals surface area contributed by atoms with Gasteiger partial charge in [-0.3, -0.25) is 4.99 Å². The van der Waals surface area contributed by atoms with E-state index in [9.17, 15) is 5.21 Å². The van der Waals surface area contributed by atoms with E-state index in [1.54, 1.807) is 12.3 Å². The molecule has 1 rings (SSSR count). The van der Waals surface area contributed by atoms with Gasteiger partial charge in [0.05, 0.1) is 6.20 Å². The molecular formula is C12H23N5O. The van der Waals surface area contributed by atoms with Crippen LogP contribution < -0.4 is 22.3 Å². The zero-order valence-corrected chi connectivity index (χ0v) is 10.7. The summed E-state index contributed by atoms with van der Waals surface area (Å²) >= 11 is 0. The molecule has 6 nitrogen and oxygen atoms in total. The van der Waals surface area contributed by atoms with E-state index >= 15 is 0 Å². The molecule has 0 fully saturated rings. The molecule has 0 amide bonds. The summed E-state index contributed by atoms with van der Waals surface area (Å²) in [4.78, 5) is 4.24. The second-order valence-corrected chi connectivity index (χ2v) is 4.08. The SMILES string of the molecule is NCCCN=c1ccc(CNCCCN)cn1O. The van der Waals surface area contributed by atoms with Crippen molar-refractivity contribution in [2.45, 2.75) is 19.4 Å². The summed E-state index contributed by atoms with van der Waals surface area (Å²) in [5, 5.41) is 13.0. The van der Waals surface area contributed by atoms with Crippen molar-refractivity contribution in [3.63, 3.8) is 0 Å². The number of hydrogen-bond donors (Lipinski definition) is 4. The van der Waals surface area contributed by atoms with E-state index in [0.717, 1.165) is 29.7 Å². The van der Waals surface area contributed by atoms with Crippen molar-refractivity contribution < 1.29 is 5.21 Å². The first kappa shape index (κ1) is 14.7. The number of aromatic nitrogens is 1. The van der Waals surface area contributed by atoms with E-state index in [2.05, 4.69) is 10.3 Å². The molecule has 1 heterocycles. The number of hydrogen-bond acceptors (Lipinski definition) is 5. The Morgan fingerprint density at radius 3 is 2.67 bits per heavy atom. The number of nitrogens with two attached hydrogens (primary N) is 2. The first-order valence-corrected chi connectivity index (χ1v) is 6.30. The summed E-state index contributed by atoms with van der Waals surface area (Å²) in [6.07, 6.45) is 3.44.